The summed E-state index contributed by atoms with van der Waals surface area (Å²) in [5.41, 5.74) is 8.54. The molecule has 0 radical (unpaired) electrons. The summed E-state index contributed by atoms with van der Waals surface area (Å²) in [7, 11) is 0. The maximum absolute atomic E-state index is 12.1. The molecule has 1 aromatic heterocycles. The molecule has 0 aliphatic heterocycles. The molecule has 0 bridgehead atoms. The number of nitrogens with zero attached hydrogens (tertiary/aromatic N) is 1. The van der Waals surface area contributed by atoms with Gasteiger partial charge in [-0.3, -0.25) is 4.79 Å². The number of nitrogens with one attached hydrogen (secondary N) is 1. The van der Waals surface area contributed by atoms with Gasteiger partial charge in [-0.25, -0.2) is 4.98 Å². The second kappa shape index (κ2) is 10.9. The van der Waals surface area contributed by atoms with Gasteiger partial charge in [0.1, 0.15) is 11.4 Å². The van der Waals surface area contributed by atoms with E-state index in [9.17, 15) is 4.79 Å². The van der Waals surface area contributed by atoms with Crippen molar-refractivity contribution in [1.82, 2.24) is 4.98 Å². The number of rotatable bonds is 6. The van der Waals surface area contributed by atoms with Gasteiger partial charge in [-0.2, -0.15) is 0 Å². The predicted octanol–water partition coefficient (Wildman–Crippen LogP) is 4.40. The Morgan fingerprint density at radius 2 is 1.96 bits per heavy atom. The van der Waals surface area contributed by atoms with Crippen molar-refractivity contribution in [1.29, 1.82) is 0 Å². The van der Waals surface area contributed by atoms with Crippen LogP contribution in [0.3, 0.4) is 0 Å². The average molecular weight is 386 g/mol. The number of amides is 1. The van der Waals surface area contributed by atoms with Gasteiger partial charge >= 0.3 is 0 Å². The van der Waals surface area contributed by atoms with Gasteiger partial charge in [0.05, 0.1) is 6.04 Å². The summed E-state index contributed by atoms with van der Waals surface area (Å²) in [4.78, 5) is 16.3. The predicted molar refractivity (Wildman–Crippen MR) is 106 cm³/mol. The van der Waals surface area contributed by atoms with Gasteiger partial charge in [0.25, 0.3) is 0 Å². The van der Waals surface area contributed by atoms with Crippen LogP contribution in [0.4, 0.5) is 5.69 Å². The fourth-order valence-corrected chi connectivity index (χ4v) is 2.17. The zero-order valence-corrected chi connectivity index (χ0v) is 16.2. The quantitative estimate of drug-likeness (QED) is 0.772. The summed E-state index contributed by atoms with van der Waals surface area (Å²) in [6.07, 6.45) is 3.12. The third-order valence-electron chi connectivity index (χ3n) is 3.73. The first-order valence-corrected chi connectivity index (χ1v) is 7.78. The molecule has 25 heavy (non-hydrogen) atoms. The van der Waals surface area contributed by atoms with E-state index in [-0.39, 0.29) is 30.7 Å². The number of carbonyl (C=O) groups excluding carboxylic acids is 1. The first kappa shape index (κ1) is 23.2. The van der Waals surface area contributed by atoms with E-state index in [2.05, 4.69) is 10.3 Å². The zero-order valence-electron chi connectivity index (χ0n) is 14.6. The molecule has 3 N–H and O–H groups in total. The summed E-state index contributed by atoms with van der Waals surface area (Å²) >= 11 is 0. The van der Waals surface area contributed by atoms with Gasteiger partial charge in [-0.05, 0) is 49.6 Å². The van der Waals surface area contributed by atoms with Gasteiger partial charge < -0.3 is 15.8 Å². The molecule has 0 aliphatic rings. The molecule has 2 rings (SSSR count). The number of hydrogen-bond acceptors (Lipinski definition) is 4. The van der Waals surface area contributed by atoms with Crippen molar-refractivity contribution in [3.63, 3.8) is 0 Å². The molecule has 1 atom stereocenters. The number of ether oxygens (including phenoxy) is 1. The minimum atomic E-state index is -0.534. The number of halogens is 2. The van der Waals surface area contributed by atoms with Crippen molar-refractivity contribution in [3.8, 4) is 11.6 Å². The van der Waals surface area contributed by atoms with Crippen LogP contribution in [0, 0.1) is 13.8 Å². The zero-order chi connectivity index (χ0) is 16.8. The summed E-state index contributed by atoms with van der Waals surface area (Å²) < 4.78 is 5.90. The normalized spacial score (nSPS) is 10.9. The third kappa shape index (κ3) is 6.20. The number of pyridine rings is 1. The van der Waals surface area contributed by atoms with E-state index in [0.717, 1.165) is 23.3 Å². The Kier molecular flexibility index (Phi) is 10.1. The molecule has 7 heteroatoms. The number of aryl methyl sites for hydroxylation is 1. The number of anilines is 1. The highest BCUT2D eigenvalue weighted by Gasteiger charge is 2.16. The lowest BCUT2D eigenvalue weighted by molar-refractivity contribution is -0.117. The largest absolute Gasteiger partial charge is 0.437 e. The standard InChI is InChI=1S/C18H23N3O2.2ClH/c1-4-7-14(19)17(22)21-15-9-6-11-20-18(15)23-16-10-5-8-12(2)13(16)3;;/h5-6,8-11,14H,4,7,19H2,1-3H3,(H,21,22);2*1H. The van der Waals surface area contributed by atoms with Crippen LogP contribution < -0.4 is 15.8 Å². The van der Waals surface area contributed by atoms with E-state index < -0.39 is 6.04 Å². The van der Waals surface area contributed by atoms with Crippen molar-refractivity contribution < 1.29 is 9.53 Å². The van der Waals surface area contributed by atoms with E-state index in [0.29, 0.717) is 18.0 Å². The van der Waals surface area contributed by atoms with Crippen molar-refractivity contribution in [2.75, 3.05) is 5.32 Å². The molecule has 2 aromatic rings. The fraction of sp³-hybridized carbons (Fsp3) is 0.333. The Balaban J connectivity index is 0.00000288. The molecule has 0 aliphatic carbocycles. The molecule has 5 nitrogen and oxygen atoms in total. The highest BCUT2D eigenvalue weighted by atomic mass is 35.5. The Hall–Kier alpha value is -1.82. The Morgan fingerprint density at radius 3 is 2.64 bits per heavy atom. The summed E-state index contributed by atoms with van der Waals surface area (Å²) in [6.45, 7) is 6.00. The Morgan fingerprint density at radius 1 is 1.24 bits per heavy atom. The number of carbonyl (C=O) groups is 1. The Bertz CT molecular complexity index is 696. The van der Waals surface area contributed by atoms with Crippen LogP contribution in [0.2, 0.25) is 0 Å². The molecule has 1 heterocycles. The highest BCUT2D eigenvalue weighted by molar-refractivity contribution is 5.95. The number of hydrogen-bond donors (Lipinski definition) is 2. The van der Waals surface area contributed by atoms with E-state index >= 15 is 0 Å². The molecule has 138 valence electrons. The van der Waals surface area contributed by atoms with E-state index in [4.69, 9.17) is 10.5 Å². The van der Waals surface area contributed by atoms with Gasteiger partial charge in [-0.1, -0.05) is 25.5 Å². The monoisotopic (exact) mass is 385 g/mol. The van der Waals surface area contributed by atoms with E-state index in [1.807, 2.05) is 39.0 Å². The molecule has 1 amide bonds. The summed E-state index contributed by atoms with van der Waals surface area (Å²) in [5.74, 6) is 0.848. The van der Waals surface area contributed by atoms with Crippen LogP contribution in [-0.2, 0) is 4.79 Å². The van der Waals surface area contributed by atoms with Crippen LogP contribution >= 0.6 is 24.8 Å². The first-order chi connectivity index (χ1) is 11.0. The molecule has 0 spiro atoms. The molecular weight excluding hydrogens is 361 g/mol. The first-order valence-electron chi connectivity index (χ1n) is 7.78. The maximum atomic E-state index is 12.1. The maximum Gasteiger partial charge on any atom is 0.243 e. The second-order valence-electron chi connectivity index (χ2n) is 5.54. The number of benzene rings is 1. The van der Waals surface area contributed by atoms with E-state index in [1.54, 1.807) is 18.3 Å². The van der Waals surface area contributed by atoms with Crippen molar-refractivity contribution in [2.24, 2.45) is 5.73 Å². The smallest absolute Gasteiger partial charge is 0.243 e. The van der Waals surface area contributed by atoms with Crippen LogP contribution in [0.1, 0.15) is 30.9 Å². The third-order valence-corrected chi connectivity index (χ3v) is 3.73. The van der Waals surface area contributed by atoms with Crippen LogP contribution in [0.15, 0.2) is 36.5 Å². The highest BCUT2D eigenvalue weighted by Crippen LogP contribution is 2.30. The lowest BCUT2D eigenvalue weighted by Gasteiger charge is -2.15. The second-order valence-corrected chi connectivity index (χ2v) is 5.54. The molecule has 0 saturated carbocycles. The van der Waals surface area contributed by atoms with Crippen LogP contribution in [0.5, 0.6) is 11.6 Å². The Labute approximate surface area is 161 Å². The van der Waals surface area contributed by atoms with Gasteiger partial charge in [0, 0.05) is 6.20 Å². The van der Waals surface area contributed by atoms with E-state index in [1.165, 1.54) is 0 Å². The molecule has 1 aromatic carbocycles. The van der Waals surface area contributed by atoms with Crippen molar-refractivity contribution >= 4 is 36.4 Å². The SMILES string of the molecule is CCCC(N)C(=O)Nc1cccnc1Oc1cccc(C)c1C.Cl.Cl. The minimum Gasteiger partial charge on any atom is -0.437 e. The molecule has 1 unspecified atom stereocenters. The van der Waals surface area contributed by atoms with Gasteiger partial charge in [0.15, 0.2) is 0 Å². The molecule has 0 saturated heterocycles. The topological polar surface area (TPSA) is 77.2 Å². The fourth-order valence-electron chi connectivity index (χ4n) is 2.17. The lowest BCUT2D eigenvalue weighted by atomic mass is 10.1. The van der Waals surface area contributed by atoms with Crippen molar-refractivity contribution in [3.05, 3.63) is 47.7 Å². The summed E-state index contributed by atoms with van der Waals surface area (Å²) in [6, 6.07) is 8.80. The lowest BCUT2D eigenvalue weighted by Crippen LogP contribution is -2.35. The molecule has 0 fully saturated rings. The van der Waals surface area contributed by atoms with Gasteiger partial charge in [-0.15, -0.1) is 24.8 Å². The van der Waals surface area contributed by atoms with Crippen LogP contribution in [0.25, 0.3) is 0 Å². The average Bonchev–Trinajstić information content (AvgIpc) is 2.53. The van der Waals surface area contributed by atoms with Gasteiger partial charge in [0.2, 0.25) is 11.8 Å². The number of nitrogens with two attached hydrogens (primary N) is 1. The molecular formula is C18H25Cl2N3O2. The minimum absolute atomic E-state index is 0. The summed E-state index contributed by atoms with van der Waals surface area (Å²) in [5, 5.41) is 2.80. The van der Waals surface area contributed by atoms with Crippen LogP contribution in [-0.4, -0.2) is 16.9 Å². The number of aromatic nitrogens is 1. The van der Waals surface area contributed by atoms with Crippen molar-refractivity contribution in [2.45, 2.75) is 39.7 Å².